The van der Waals surface area contributed by atoms with E-state index in [0.717, 1.165) is 15.6 Å². The lowest BCUT2D eigenvalue weighted by atomic mass is 10.2. The molecule has 3 N–H and O–H groups in total. The molecule has 0 aliphatic rings. The maximum atomic E-state index is 11.8. The predicted octanol–water partition coefficient (Wildman–Crippen LogP) is 3.07. The van der Waals surface area contributed by atoms with Crippen molar-refractivity contribution in [1.82, 2.24) is 4.98 Å². The number of amides is 1. The summed E-state index contributed by atoms with van der Waals surface area (Å²) in [5.74, 6) is 0.330. The Morgan fingerprint density at radius 1 is 1.37 bits per heavy atom. The first-order valence-corrected chi connectivity index (χ1v) is 7.57. The normalized spacial score (nSPS) is 10.4. The summed E-state index contributed by atoms with van der Waals surface area (Å²) in [4.78, 5) is 15.9. The Bertz CT molecular complexity index is 578. The number of thiazole rings is 1. The van der Waals surface area contributed by atoms with Crippen molar-refractivity contribution in [3.63, 3.8) is 0 Å². The number of benzene rings is 1. The number of hydrogen-bond donors (Lipinski definition) is 2. The van der Waals surface area contributed by atoms with Gasteiger partial charge in [-0.05, 0) is 26.0 Å². The molecule has 0 saturated carbocycles. The number of carbonyl (C=O) groups is 1. The first-order valence-electron chi connectivity index (χ1n) is 5.77. The Morgan fingerprint density at radius 3 is 2.63 bits per heavy atom. The van der Waals surface area contributed by atoms with Crippen LogP contribution in [-0.4, -0.2) is 16.6 Å². The number of nitrogen functional groups attached to an aromatic ring is 1. The van der Waals surface area contributed by atoms with Crippen molar-refractivity contribution in [3.8, 4) is 0 Å². The molecule has 0 atom stereocenters. The summed E-state index contributed by atoms with van der Waals surface area (Å²) in [5, 5.41) is 3.40. The van der Waals surface area contributed by atoms with E-state index in [1.54, 1.807) is 0 Å². The molecule has 0 saturated heterocycles. The summed E-state index contributed by atoms with van der Waals surface area (Å²) in [6.07, 6.45) is 0. The van der Waals surface area contributed by atoms with Crippen LogP contribution >= 0.6 is 23.1 Å². The van der Waals surface area contributed by atoms with Gasteiger partial charge in [0.25, 0.3) is 0 Å². The Kier molecular flexibility index (Phi) is 4.44. The molecule has 19 heavy (non-hydrogen) atoms. The maximum absolute atomic E-state index is 11.8. The van der Waals surface area contributed by atoms with Crippen LogP contribution in [0.4, 0.5) is 10.8 Å². The van der Waals surface area contributed by atoms with E-state index < -0.39 is 0 Å². The summed E-state index contributed by atoms with van der Waals surface area (Å²) >= 11 is 2.88. The van der Waals surface area contributed by atoms with Gasteiger partial charge in [-0.3, -0.25) is 4.79 Å². The van der Waals surface area contributed by atoms with Crippen molar-refractivity contribution >= 4 is 39.8 Å². The zero-order valence-electron chi connectivity index (χ0n) is 10.8. The zero-order chi connectivity index (χ0) is 13.8. The third kappa shape index (κ3) is 3.97. The molecular weight excluding hydrogens is 278 g/mol. The molecule has 0 unspecified atom stereocenters. The lowest BCUT2D eigenvalue weighted by Crippen LogP contribution is -2.13. The molecule has 1 amide bonds. The average Bonchev–Trinajstić information content (AvgIpc) is 2.68. The Balaban J connectivity index is 1.88. The molecule has 4 nitrogen and oxygen atoms in total. The molecule has 0 bridgehead atoms. The van der Waals surface area contributed by atoms with E-state index in [1.807, 2.05) is 38.1 Å². The fourth-order valence-electron chi connectivity index (χ4n) is 1.50. The smallest absolute Gasteiger partial charge is 0.234 e. The average molecular weight is 293 g/mol. The Morgan fingerprint density at radius 2 is 2.05 bits per heavy atom. The highest BCUT2D eigenvalue weighted by Crippen LogP contribution is 2.30. The molecule has 0 spiro atoms. The molecule has 1 aromatic heterocycles. The van der Waals surface area contributed by atoms with Crippen LogP contribution in [0.3, 0.4) is 0 Å². The Labute approximate surface area is 120 Å². The van der Waals surface area contributed by atoms with Crippen LogP contribution in [0.25, 0.3) is 0 Å². The van der Waals surface area contributed by atoms with Crippen LogP contribution in [0.15, 0.2) is 28.5 Å². The molecule has 1 heterocycles. The number of carbonyl (C=O) groups excluding carboxylic acids is 1. The highest BCUT2D eigenvalue weighted by atomic mass is 32.2. The topological polar surface area (TPSA) is 68.0 Å². The van der Waals surface area contributed by atoms with Crippen LogP contribution in [0, 0.1) is 13.8 Å². The summed E-state index contributed by atoms with van der Waals surface area (Å²) < 4.78 is 0.997. The van der Waals surface area contributed by atoms with Gasteiger partial charge in [0, 0.05) is 5.69 Å². The second-order valence-corrected chi connectivity index (χ2v) is 6.40. The third-order valence-electron chi connectivity index (χ3n) is 2.44. The highest BCUT2D eigenvalue weighted by Gasteiger charge is 2.09. The quantitative estimate of drug-likeness (QED) is 0.850. The molecule has 2 rings (SSSR count). The highest BCUT2D eigenvalue weighted by molar-refractivity contribution is 8.01. The zero-order valence-corrected chi connectivity index (χ0v) is 12.4. The van der Waals surface area contributed by atoms with Crippen molar-refractivity contribution in [2.24, 2.45) is 0 Å². The maximum Gasteiger partial charge on any atom is 0.234 e. The second-order valence-electron chi connectivity index (χ2n) is 4.13. The van der Waals surface area contributed by atoms with Crippen molar-refractivity contribution in [3.05, 3.63) is 35.5 Å². The third-order valence-corrected chi connectivity index (χ3v) is 4.79. The van der Waals surface area contributed by atoms with Gasteiger partial charge in [0.2, 0.25) is 5.91 Å². The SMILES string of the molecule is Cc1ccc(NC(=O)CSc2sc(N)nc2C)cc1. The monoisotopic (exact) mass is 293 g/mol. The van der Waals surface area contributed by atoms with Crippen LogP contribution in [0.1, 0.15) is 11.3 Å². The van der Waals surface area contributed by atoms with E-state index in [2.05, 4.69) is 10.3 Å². The second kappa shape index (κ2) is 6.08. The summed E-state index contributed by atoms with van der Waals surface area (Å²) in [6, 6.07) is 7.73. The number of aryl methyl sites for hydroxylation is 2. The number of aromatic nitrogens is 1. The fraction of sp³-hybridized carbons (Fsp3) is 0.231. The molecule has 6 heteroatoms. The van der Waals surface area contributed by atoms with Crippen LogP contribution < -0.4 is 11.1 Å². The first-order chi connectivity index (χ1) is 9.04. The fourth-order valence-corrected chi connectivity index (χ4v) is 3.32. The van der Waals surface area contributed by atoms with Gasteiger partial charge in [-0.1, -0.05) is 29.0 Å². The van der Waals surface area contributed by atoms with Crippen LogP contribution in [-0.2, 0) is 4.79 Å². The molecular formula is C13H15N3OS2. The van der Waals surface area contributed by atoms with Crippen molar-refractivity contribution in [1.29, 1.82) is 0 Å². The summed E-state index contributed by atoms with van der Waals surface area (Å²) in [7, 11) is 0. The number of rotatable bonds is 4. The van der Waals surface area contributed by atoms with E-state index in [0.29, 0.717) is 10.9 Å². The minimum atomic E-state index is -0.0276. The number of thioether (sulfide) groups is 1. The van der Waals surface area contributed by atoms with E-state index in [4.69, 9.17) is 5.73 Å². The number of nitrogens with one attached hydrogen (secondary N) is 1. The van der Waals surface area contributed by atoms with E-state index in [1.165, 1.54) is 28.7 Å². The lowest BCUT2D eigenvalue weighted by molar-refractivity contribution is -0.113. The largest absolute Gasteiger partial charge is 0.375 e. The standard InChI is InChI=1S/C13H15N3OS2/c1-8-3-5-10(6-4-8)16-11(17)7-18-12-9(2)15-13(14)19-12/h3-6H,7H2,1-2H3,(H2,14,15)(H,16,17). The molecule has 1 aromatic carbocycles. The van der Waals surface area contributed by atoms with E-state index >= 15 is 0 Å². The predicted molar refractivity (Wildman–Crippen MR) is 81.8 cm³/mol. The molecule has 0 fully saturated rings. The van der Waals surface area contributed by atoms with E-state index in [-0.39, 0.29) is 5.91 Å². The van der Waals surface area contributed by atoms with Crippen molar-refractivity contribution in [2.45, 2.75) is 18.1 Å². The van der Waals surface area contributed by atoms with Gasteiger partial charge in [-0.25, -0.2) is 4.98 Å². The van der Waals surface area contributed by atoms with Crippen molar-refractivity contribution in [2.75, 3.05) is 16.8 Å². The van der Waals surface area contributed by atoms with Crippen LogP contribution in [0.5, 0.6) is 0 Å². The molecule has 100 valence electrons. The Hall–Kier alpha value is -1.53. The van der Waals surface area contributed by atoms with Gasteiger partial charge in [-0.15, -0.1) is 11.8 Å². The molecule has 0 radical (unpaired) electrons. The van der Waals surface area contributed by atoms with Gasteiger partial charge < -0.3 is 11.1 Å². The molecule has 2 aromatic rings. The summed E-state index contributed by atoms with van der Waals surface area (Å²) in [6.45, 7) is 3.91. The van der Waals surface area contributed by atoms with Gasteiger partial charge in [-0.2, -0.15) is 0 Å². The van der Waals surface area contributed by atoms with E-state index in [9.17, 15) is 4.79 Å². The van der Waals surface area contributed by atoms with Gasteiger partial charge >= 0.3 is 0 Å². The summed E-state index contributed by atoms with van der Waals surface area (Å²) in [5.41, 5.74) is 8.49. The van der Waals surface area contributed by atoms with Crippen molar-refractivity contribution < 1.29 is 4.79 Å². The molecule has 0 aliphatic heterocycles. The minimum Gasteiger partial charge on any atom is -0.375 e. The van der Waals surface area contributed by atoms with Gasteiger partial charge in [0.1, 0.15) is 0 Å². The first kappa shape index (κ1) is 13.9. The minimum absolute atomic E-state index is 0.0276. The number of nitrogens with zero attached hydrogens (tertiary/aromatic N) is 1. The number of nitrogens with two attached hydrogens (primary N) is 1. The molecule has 0 aliphatic carbocycles. The lowest BCUT2D eigenvalue weighted by Gasteiger charge is -2.04. The number of anilines is 2. The van der Waals surface area contributed by atoms with Gasteiger partial charge in [0.15, 0.2) is 5.13 Å². The van der Waals surface area contributed by atoms with Crippen LogP contribution in [0.2, 0.25) is 0 Å². The number of hydrogen-bond acceptors (Lipinski definition) is 5. The van der Waals surface area contributed by atoms with Gasteiger partial charge in [0.05, 0.1) is 15.7 Å².